The Bertz CT molecular complexity index is 471. The van der Waals surface area contributed by atoms with Crippen LogP contribution in [0.3, 0.4) is 0 Å². The van der Waals surface area contributed by atoms with Gasteiger partial charge in [0, 0.05) is 46.7 Å². The lowest BCUT2D eigenvalue weighted by molar-refractivity contribution is -0.129. The topological polar surface area (TPSA) is 58.6 Å². The Kier molecular flexibility index (Phi) is 8.22. The number of nitrogens with zero attached hydrogens (tertiary/aromatic N) is 1. The highest BCUT2D eigenvalue weighted by Gasteiger charge is 2.10. The van der Waals surface area contributed by atoms with Crippen molar-refractivity contribution in [3.63, 3.8) is 0 Å². The van der Waals surface area contributed by atoms with Gasteiger partial charge >= 0.3 is 0 Å². The van der Waals surface area contributed by atoms with Gasteiger partial charge in [0.15, 0.2) is 0 Å². The van der Waals surface area contributed by atoms with Crippen molar-refractivity contribution in [3.8, 4) is 0 Å². The Hall–Kier alpha value is -1.88. The molecule has 0 heterocycles. The number of hydrogen-bond donors (Lipinski definition) is 1. The predicted octanol–water partition coefficient (Wildman–Crippen LogP) is 1.89. The fourth-order valence-electron chi connectivity index (χ4n) is 2.06. The average molecular weight is 306 g/mol. The monoisotopic (exact) mass is 306 g/mol. The number of rotatable bonds is 9. The van der Waals surface area contributed by atoms with Crippen LogP contribution in [0, 0.1) is 6.92 Å². The molecule has 0 aliphatic heterocycles. The molecule has 1 N–H and O–H groups in total. The van der Waals surface area contributed by atoms with E-state index in [0.29, 0.717) is 32.7 Å². The van der Waals surface area contributed by atoms with Crippen molar-refractivity contribution in [2.24, 2.45) is 0 Å². The lowest BCUT2D eigenvalue weighted by atomic mass is 10.1. The summed E-state index contributed by atoms with van der Waals surface area (Å²) in [7, 11) is 1.64. The number of aryl methyl sites for hydroxylation is 1. The van der Waals surface area contributed by atoms with Crippen LogP contribution >= 0.6 is 0 Å². The van der Waals surface area contributed by atoms with Gasteiger partial charge in [-0.3, -0.25) is 9.59 Å². The van der Waals surface area contributed by atoms with E-state index in [9.17, 15) is 9.59 Å². The van der Waals surface area contributed by atoms with E-state index in [4.69, 9.17) is 4.74 Å². The zero-order valence-electron chi connectivity index (χ0n) is 13.7. The summed E-state index contributed by atoms with van der Waals surface area (Å²) in [5.41, 5.74) is 2.27. The molecule has 1 rings (SSSR count). The third-order valence-corrected chi connectivity index (χ3v) is 3.44. The van der Waals surface area contributed by atoms with Crippen LogP contribution in [-0.2, 0) is 20.9 Å². The number of ether oxygens (including phenoxy) is 1. The van der Waals surface area contributed by atoms with Gasteiger partial charge in [0.1, 0.15) is 0 Å². The van der Waals surface area contributed by atoms with Gasteiger partial charge < -0.3 is 15.0 Å². The minimum Gasteiger partial charge on any atom is -0.385 e. The molecule has 1 aromatic carbocycles. The van der Waals surface area contributed by atoms with E-state index < -0.39 is 0 Å². The number of benzene rings is 1. The summed E-state index contributed by atoms with van der Waals surface area (Å²) < 4.78 is 4.98. The predicted molar refractivity (Wildman–Crippen MR) is 86.4 cm³/mol. The second-order valence-electron chi connectivity index (χ2n) is 5.36. The minimum absolute atomic E-state index is 0.0116. The number of nitrogens with one attached hydrogen (secondary N) is 1. The SMILES string of the molecule is COCCCN(CCC(=O)NCc1ccc(C)cc1)C(C)=O. The molecule has 0 fully saturated rings. The molecule has 0 atom stereocenters. The second-order valence-corrected chi connectivity index (χ2v) is 5.36. The normalized spacial score (nSPS) is 10.3. The summed E-state index contributed by atoms with van der Waals surface area (Å²) in [4.78, 5) is 25.1. The van der Waals surface area contributed by atoms with E-state index in [0.717, 1.165) is 12.0 Å². The van der Waals surface area contributed by atoms with E-state index in [1.165, 1.54) is 12.5 Å². The van der Waals surface area contributed by atoms with Gasteiger partial charge in [0.25, 0.3) is 0 Å². The minimum atomic E-state index is -0.0430. The number of amides is 2. The van der Waals surface area contributed by atoms with Crippen molar-refractivity contribution in [1.29, 1.82) is 0 Å². The average Bonchev–Trinajstić information content (AvgIpc) is 2.49. The zero-order valence-corrected chi connectivity index (χ0v) is 13.7. The highest BCUT2D eigenvalue weighted by Crippen LogP contribution is 2.03. The summed E-state index contributed by atoms with van der Waals surface area (Å²) in [5.74, 6) is -0.0546. The maximum absolute atomic E-state index is 11.9. The summed E-state index contributed by atoms with van der Waals surface area (Å²) in [6.07, 6.45) is 1.10. The first-order valence-electron chi connectivity index (χ1n) is 7.59. The van der Waals surface area contributed by atoms with Crippen molar-refractivity contribution in [1.82, 2.24) is 10.2 Å². The van der Waals surface area contributed by atoms with Crippen LogP contribution in [0.15, 0.2) is 24.3 Å². The van der Waals surface area contributed by atoms with E-state index in [2.05, 4.69) is 5.32 Å². The molecule has 5 nitrogen and oxygen atoms in total. The molecule has 22 heavy (non-hydrogen) atoms. The van der Waals surface area contributed by atoms with Crippen molar-refractivity contribution in [2.75, 3.05) is 26.8 Å². The van der Waals surface area contributed by atoms with Gasteiger partial charge in [0.05, 0.1) is 0 Å². The van der Waals surface area contributed by atoms with E-state index in [1.54, 1.807) is 12.0 Å². The molecule has 0 bridgehead atoms. The fourth-order valence-corrected chi connectivity index (χ4v) is 2.06. The van der Waals surface area contributed by atoms with Crippen molar-refractivity contribution in [3.05, 3.63) is 35.4 Å². The molecule has 0 radical (unpaired) electrons. The van der Waals surface area contributed by atoms with Gasteiger partial charge in [-0.1, -0.05) is 29.8 Å². The van der Waals surface area contributed by atoms with Crippen LogP contribution in [-0.4, -0.2) is 43.5 Å². The second kappa shape index (κ2) is 9.95. The highest BCUT2D eigenvalue weighted by molar-refractivity contribution is 5.78. The largest absolute Gasteiger partial charge is 0.385 e. The molecule has 0 aliphatic rings. The lowest BCUT2D eigenvalue weighted by Gasteiger charge is -2.20. The van der Waals surface area contributed by atoms with E-state index in [-0.39, 0.29) is 11.8 Å². The Balaban J connectivity index is 2.30. The maximum atomic E-state index is 11.9. The van der Waals surface area contributed by atoms with Crippen LogP contribution in [0.25, 0.3) is 0 Å². The number of carbonyl (C=O) groups excluding carboxylic acids is 2. The van der Waals surface area contributed by atoms with Crippen LogP contribution in [0.5, 0.6) is 0 Å². The number of methoxy groups -OCH3 is 1. The number of carbonyl (C=O) groups is 2. The fraction of sp³-hybridized carbons (Fsp3) is 0.529. The van der Waals surface area contributed by atoms with Crippen LogP contribution in [0.4, 0.5) is 0 Å². The molecular formula is C17H26N2O3. The van der Waals surface area contributed by atoms with E-state index >= 15 is 0 Å². The molecule has 0 spiro atoms. The highest BCUT2D eigenvalue weighted by atomic mass is 16.5. The summed E-state index contributed by atoms with van der Waals surface area (Å²) in [5, 5.41) is 2.88. The molecule has 0 aliphatic carbocycles. The van der Waals surface area contributed by atoms with Gasteiger partial charge in [-0.05, 0) is 18.9 Å². The van der Waals surface area contributed by atoms with Crippen molar-refractivity contribution >= 4 is 11.8 Å². The van der Waals surface area contributed by atoms with Crippen LogP contribution < -0.4 is 5.32 Å². The van der Waals surface area contributed by atoms with Gasteiger partial charge in [0.2, 0.25) is 11.8 Å². The van der Waals surface area contributed by atoms with Crippen molar-refractivity contribution in [2.45, 2.75) is 33.2 Å². The molecule has 5 heteroatoms. The molecule has 1 aromatic rings. The standard InChI is InChI=1S/C17H26N2O3/c1-14-5-7-16(8-6-14)13-18-17(21)9-11-19(15(2)20)10-4-12-22-3/h5-8H,4,9-13H2,1-3H3,(H,18,21). The number of hydrogen-bond acceptors (Lipinski definition) is 3. The van der Waals surface area contributed by atoms with Gasteiger partial charge in [-0.2, -0.15) is 0 Å². The molecular weight excluding hydrogens is 280 g/mol. The van der Waals surface area contributed by atoms with Gasteiger partial charge in [-0.25, -0.2) is 0 Å². The lowest BCUT2D eigenvalue weighted by Crippen LogP contribution is -2.34. The van der Waals surface area contributed by atoms with Crippen LogP contribution in [0.1, 0.15) is 30.9 Å². The molecule has 0 saturated heterocycles. The Labute approximate surface area is 132 Å². The van der Waals surface area contributed by atoms with Crippen molar-refractivity contribution < 1.29 is 14.3 Å². The smallest absolute Gasteiger partial charge is 0.222 e. The molecule has 0 aromatic heterocycles. The van der Waals surface area contributed by atoms with Gasteiger partial charge in [-0.15, -0.1) is 0 Å². The quantitative estimate of drug-likeness (QED) is 0.709. The Morgan fingerprint density at radius 2 is 1.86 bits per heavy atom. The molecule has 122 valence electrons. The molecule has 0 saturated carbocycles. The maximum Gasteiger partial charge on any atom is 0.222 e. The summed E-state index contributed by atoms with van der Waals surface area (Å²) >= 11 is 0. The van der Waals surface area contributed by atoms with E-state index in [1.807, 2.05) is 31.2 Å². The summed E-state index contributed by atoms with van der Waals surface area (Å²) in [6.45, 7) is 5.75. The first-order valence-corrected chi connectivity index (χ1v) is 7.59. The first-order chi connectivity index (χ1) is 10.5. The third kappa shape index (κ3) is 7.22. The molecule has 0 unspecified atom stereocenters. The van der Waals surface area contributed by atoms with Crippen LogP contribution in [0.2, 0.25) is 0 Å². The third-order valence-electron chi connectivity index (χ3n) is 3.44. The summed E-state index contributed by atoms with van der Waals surface area (Å²) in [6, 6.07) is 8.05. The first kappa shape index (κ1) is 18.2. The molecule has 2 amide bonds. The Morgan fingerprint density at radius 1 is 1.18 bits per heavy atom. The zero-order chi connectivity index (χ0) is 16.4. The Morgan fingerprint density at radius 3 is 2.45 bits per heavy atom.